The van der Waals surface area contributed by atoms with Crippen LogP contribution in [-0.2, 0) is 15.5 Å². The number of nitrogens with zero attached hydrogens (tertiary/aromatic N) is 3. The molecule has 0 bridgehead atoms. The molecule has 7 heteroatoms. The molecule has 0 unspecified atom stereocenters. The molecular formula is C10H12ClN3O2S. The summed E-state index contributed by atoms with van der Waals surface area (Å²) in [6, 6.07) is 3.59. The van der Waals surface area contributed by atoms with Crippen LogP contribution in [0.4, 0.5) is 0 Å². The fraction of sp³-hybridized carbons (Fsp3) is 0.400. The quantitative estimate of drug-likeness (QED) is 0.802. The van der Waals surface area contributed by atoms with E-state index >= 15 is 0 Å². The average Bonchev–Trinajstić information content (AvgIpc) is 2.53. The summed E-state index contributed by atoms with van der Waals surface area (Å²) in [6.45, 7) is 3.63. The molecule has 92 valence electrons. The Hall–Kier alpha value is -1.14. The van der Waals surface area contributed by atoms with Crippen LogP contribution in [0.1, 0.15) is 24.7 Å². The van der Waals surface area contributed by atoms with Gasteiger partial charge in [-0.15, -0.1) is 0 Å². The molecule has 0 aliphatic carbocycles. The Balaban J connectivity index is 2.74. The fourth-order valence-corrected chi connectivity index (χ4v) is 3.00. The second-order valence-electron chi connectivity index (χ2n) is 3.78. The second kappa shape index (κ2) is 4.27. The average molecular weight is 274 g/mol. The first-order valence-corrected chi connectivity index (χ1v) is 7.54. The van der Waals surface area contributed by atoms with Gasteiger partial charge >= 0.3 is 0 Å². The van der Waals surface area contributed by atoms with Gasteiger partial charge in [0, 0.05) is 10.7 Å². The van der Waals surface area contributed by atoms with Gasteiger partial charge in [0.1, 0.15) is 0 Å². The zero-order valence-corrected chi connectivity index (χ0v) is 11.1. The number of hydrogen-bond acceptors (Lipinski definition) is 4. The molecule has 0 saturated carbocycles. The lowest BCUT2D eigenvalue weighted by Gasteiger charge is -2.01. The minimum absolute atomic E-state index is 0.0490. The first-order chi connectivity index (χ1) is 7.93. The topological polar surface area (TPSA) is 64.3 Å². The zero-order chi connectivity index (χ0) is 12.6. The molecule has 0 N–H and O–H groups in total. The maximum absolute atomic E-state index is 11.5. The first-order valence-electron chi connectivity index (χ1n) is 5.23. The van der Waals surface area contributed by atoms with Crippen molar-refractivity contribution in [2.45, 2.75) is 31.7 Å². The molecule has 2 rings (SSSR count). The van der Waals surface area contributed by atoms with Crippen LogP contribution in [0.5, 0.6) is 0 Å². The van der Waals surface area contributed by atoms with E-state index in [1.807, 2.05) is 13.0 Å². The summed E-state index contributed by atoms with van der Waals surface area (Å²) in [4.78, 5) is 4.12. The van der Waals surface area contributed by atoms with Crippen LogP contribution in [0.15, 0.2) is 17.2 Å². The highest BCUT2D eigenvalue weighted by molar-refractivity contribution is 8.13. The number of aryl methyl sites for hydroxylation is 2. The van der Waals surface area contributed by atoms with Gasteiger partial charge in [0.05, 0.1) is 11.4 Å². The zero-order valence-electron chi connectivity index (χ0n) is 9.51. The molecule has 0 fully saturated rings. The van der Waals surface area contributed by atoms with E-state index in [1.54, 1.807) is 13.0 Å². The van der Waals surface area contributed by atoms with Crippen LogP contribution in [0.25, 0.3) is 5.65 Å². The highest BCUT2D eigenvalue weighted by atomic mass is 35.7. The van der Waals surface area contributed by atoms with Crippen molar-refractivity contribution in [1.29, 1.82) is 0 Å². The third-order valence-corrected chi connectivity index (χ3v) is 3.76. The van der Waals surface area contributed by atoms with Gasteiger partial charge in [-0.25, -0.2) is 17.9 Å². The van der Waals surface area contributed by atoms with Gasteiger partial charge < -0.3 is 0 Å². The molecule has 2 aromatic rings. The smallest absolute Gasteiger partial charge is 0.231 e. The predicted molar refractivity (Wildman–Crippen MR) is 64.8 cm³/mol. The number of halogens is 1. The molecule has 5 nitrogen and oxygen atoms in total. The summed E-state index contributed by atoms with van der Waals surface area (Å²) in [6.07, 6.45) is 1.73. The van der Waals surface area contributed by atoms with Crippen molar-refractivity contribution in [2.24, 2.45) is 0 Å². The Kier molecular flexibility index (Phi) is 3.09. The van der Waals surface area contributed by atoms with Crippen molar-refractivity contribution in [3.05, 3.63) is 23.5 Å². The largest absolute Gasteiger partial charge is 0.280 e. The van der Waals surface area contributed by atoms with E-state index in [-0.39, 0.29) is 5.03 Å². The molecule has 0 amide bonds. The summed E-state index contributed by atoms with van der Waals surface area (Å²) < 4.78 is 24.2. The van der Waals surface area contributed by atoms with Crippen LogP contribution in [0, 0.1) is 6.92 Å². The molecular weight excluding hydrogens is 262 g/mol. The Morgan fingerprint density at radius 2 is 2.12 bits per heavy atom. The molecule has 0 saturated heterocycles. The maximum atomic E-state index is 11.5. The van der Waals surface area contributed by atoms with Gasteiger partial charge in [-0.05, 0) is 25.5 Å². The van der Waals surface area contributed by atoms with Crippen LogP contribution in [0.3, 0.4) is 0 Å². The lowest BCUT2D eigenvalue weighted by molar-refractivity contribution is 0.600. The second-order valence-corrected chi connectivity index (χ2v) is 6.27. The van der Waals surface area contributed by atoms with E-state index in [9.17, 15) is 8.42 Å². The summed E-state index contributed by atoms with van der Waals surface area (Å²) in [5.74, 6) is 0. The number of fused-ring (bicyclic) bond motifs is 1. The van der Waals surface area contributed by atoms with Gasteiger partial charge in [0.25, 0.3) is 9.05 Å². The number of rotatable bonds is 3. The molecule has 2 heterocycles. The SMILES string of the molecule is CCCc1ccc2nc(C)c(S(=O)(=O)Cl)n2n1. The fourth-order valence-electron chi connectivity index (χ4n) is 1.73. The minimum Gasteiger partial charge on any atom is -0.231 e. The summed E-state index contributed by atoms with van der Waals surface area (Å²) in [7, 11) is 1.55. The molecule has 0 radical (unpaired) electrons. The lowest BCUT2D eigenvalue weighted by Crippen LogP contribution is -2.04. The number of imidazole rings is 1. The van der Waals surface area contributed by atoms with E-state index in [1.165, 1.54) is 4.52 Å². The highest BCUT2D eigenvalue weighted by Crippen LogP contribution is 2.20. The number of hydrogen-bond donors (Lipinski definition) is 0. The van der Waals surface area contributed by atoms with Gasteiger partial charge in [-0.3, -0.25) is 0 Å². The van der Waals surface area contributed by atoms with Crippen molar-refractivity contribution < 1.29 is 8.42 Å². The summed E-state index contributed by atoms with van der Waals surface area (Å²) in [5, 5.41) is 4.19. The highest BCUT2D eigenvalue weighted by Gasteiger charge is 2.21. The van der Waals surface area contributed by atoms with E-state index in [0.717, 1.165) is 18.5 Å². The van der Waals surface area contributed by atoms with Crippen molar-refractivity contribution in [2.75, 3.05) is 0 Å². The van der Waals surface area contributed by atoms with Crippen molar-refractivity contribution in [1.82, 2.24) is 14.6 Å². The van der Waals surface area contributed by atoms with Crippen LogP contribution in [-0.4, -0.2) is 23.0 Å². The van der Waals surface area contributed by atoms with Gasteiger partial charge in [0.15, 0.2) is 10.7 Å². The van der Waals surface area contributed by atoms with Gasteiger partial charge in [0.2, 0.25) is 0 Å². The summed E-state index contributed by atoms with van der Waals surface area (Å²) in [5.41, 5.74) is 1.67. The Morgan fingerprint density at radius 3 is 2.71 bits per heavy atom. The predicted octanol–water partition coefficient (Wildman–Crippen LogP) is 1.92. The Bertz CT molecular complexity index is 663. The van der Waals surface area contributed by atoms with Gasteiger partial charge in [-0.1, -0.05) is 13.3 Å². The van der Waals surface area contributed by atoms with E-state index in [2.05, 4.69) is 10.1 Å². The summed E-state index contributed by atoms with van der Waals surface area (Å²) >= 11 is 0. The Morgan fingerprint density at radius 1 is 1.41 bits per heavy atom. The van der Waals surface area contributed by atoms with Crippen molar-refractivity contribution >= 4 is 25.4 Å². The lowest BCUT2D eigenvalue weighted by atomic mass is 10.2. The monoisotopic (exact) mass is 273 g/mol. The molecule has 0 aromatic carbocycles. The van der Waals surface area contributed by atoms with Crippen LogP contribution >= 0.6 is 10.7 Å². The first kappa shape index (κ1) is 12.3. The standard InChI is InChI=1S/C10H12ClN3O2S/c1-3-4-8-5-6-9-12-7(2)10(14(9)13-8)17(11,15)16/h5-6H,3-4H2,1-2H3. The molecule has 0 spiro atoms. The van der Waals surface area contributed by atoms with E-state index in [0.29, 0.717) is 11.3 Å². The van der Waals surface area contributed by atoms with Crippen LogP contribution < -0.4 is 0 Å². The molecule has 0 aliphatic rings. The number of aromatic nitrogens is 3. The van der Waals surface area contributed by atoms with Crippen LogP contribution in [0.2, 0.25) is 0 Å². The van der Waals surface area contributed by atoms with E-state index in [4.69, 9.17) is 10.7 Å². The molecule has 0 aliphatic heterocycles. The van der Waals surface area contributed by atoms with E-state index < -0.39 is 9.05 Å². The van der Waals surface area contributed by atoms with Crippen molar-refractivity contribution in [3.8, 4) is 0 Å². The molecule has 0 atom stereocenters. The normalized spacial score (nSPS) is 12.2. The van der Waals surface area contributed by atoms with Gasteiger partial charge in [-0.2, -0.15) is 5.10 Å². The molecule has 2 aromatic heterocycles. The third kappa shape index (κ3) is 2.28. The Labute approximate surface area is 104 Å². The third-order valence-electron chi connectivity index (χ3n) is 2.39. The molecule has 17 heavy (non-hydrogen) atoms. The maximum Gasteiger partial charge on any atom is 0.280 e. The minimum atomic E-state index is -3.84. The van der Waals surface area contributed by atoms with Crippen molar-refractivity contribution in [3.63, 3.8) is 0 Å².